The minimum absolute atomic E-state index is 0.183. The Bertz CT molecular complexity index is 1560. The molecule has 2 aromatic heterocycles. The number of carbonyl (C=O) groups excluding carboxylic acids is 1. The smallest absolute Gasteiger partial charge is 0.410 e. The number of halogens is 2. The Morgan fingerprint density at radius 2 is 1.79 bits per heavy atom. The number of carbonyl (C=O) groups is 1. The van der Waals surface area contributed by atoms with E-state index in [4.69, 9.17) is 29.8 Å². The number of amides is 1. The minimum atomic E-state index is -0.958. The second-order valence-electron chi connectivity index (χ2n) is 11.5. The van der Waals surface area contributed by atoms with Crippen LogP contribution in [0.1, 0.15) is 50.1 Å². The molecule has 3 aromatic rings. The van der Waals surface area contributed by atoms with Gasteiger partial charge in [0.1, 0.15) is 22.7 Å². The molecule has 5 rings (SSSR count). The molecule has 13 heteroatoms. The van der Waals surface area contributed by atoms with Gasteiger partial charge in [0.25, 0.3) is 0 Å². The topological polar surface area (TPSA) is 117 Å². The monoisotopic (exact) mass is 598 g/mol. The van der Waals surface area contributed by atoms with Crippen LogP contribution in [0, 0.1) is 23.5 Å². The Balaban J connectivity index is 1.61. The van der Waals surface area contributed by atoms with Crippen LogP contribution in [-0.2, 0) is 16.0 Å². The molecule has 11 nitrogen and oxygen atoms in total. The van der Waals surface area contributed by atoms with Crippen molar-refractivity contribution in [3.63, 3.8) is 0 Å². The quantitative estimate of drug-likeness (QED) is 0.439. The van der Waals surface area contributed by atoms with Crippen molar-refractivity contribution in [2.24, 2.45) is 0 Å². The molecule has 0 saturated carbocycles. The van der Waals surface area contributed by atoms with Crippen molar-refractivity contribution in [3.8, 4) is 23.3 Å². The van der Waals surface area contributed by atoms with Gasteiger partial charge in [-0.05, 0) is 33.1 Å². The number of anilines is 1. The number of nitrogens with zero attached hydrogens (tertiary/aromatic N) is 5. The predicted molar refractivity (Wildman–Crippen MR) is 155 cm³/mol. The Morgan fingerprint density at radius 3 is 2.42 bits per heavy atom. The van der Waals surface area contributed by atoms with Gasteiger partial charge in [-0.15, -0.1) is 0 Å². The van der Waals surface area contributed by atoms with E-state index in [0.717, 1.165) is 24.7 Å². The Morgan fingerprint density at radius 1 is 1.12 bits per heavy atom. The fraction of sp³-hybridized carbons (Fsp3) is 0.500. The van der Waals surface area contributed by atoms with E-state index in [-0.39, 0.29) is 29.1 Å². The van der Waals surface area contributed by atoms with Crippen LogP contribution in [-0.4, -0.2) is 89.9 Å². The molecule has 1 amide bonds. The van der Waals surface area contributed by atoms with Gasteiger partial charge in [-0.3, -0.25) is 9.58 Å². The molecular weight excluding hydrogens is 562 g/mol. The van der Waals surface area contributed by atoms with E-state index in [2.05, 4.69) is 21.7 Å². The molecule has 230 valence electrons. The van der Waals surface area contributed by atoms with E-state index in [1.165, 1.54) is 14.2 Å². The highest BCUT2D eigenvalue weighted by atomic mass is 19.1. The number of hydrogen-bond donors (Lipinski definition) is 1. The summed E-state index contributed by atoms with van der Waals surface area (Å²) in [6.07, 6.45) is 1.92. The lowest BCUT2D eigenvalue weighted by Crippen LogP contribution is -2.36. The molecule has 1 unspecified atom stereocenters. The number of hydrogen-bond acceptors (Lipinski definition) is 9. The van der Waals surface area contributed by atoms with Crippen LogP contribution in [0.15, 0.2) is 12.3 Å². The number of morpholine rings is 1. The molecular formula is C30H36F2N6O5. The number of benzene rings is 1. The molecule has 2 saturated heterocycles. The third-order valence-corrected chi connectivity index (χ3v) is 7.37. The number of rotatable bonds is 5. The van der Waals surface area contributed by atoms with Crippen LogP contribution >= 0.6 is 0 Å². The first-order valence-corrected chi connectivity index (χ1v) is 14.1. The number of methoxy groups -OCH3 is 2. The minimum Gasteiger partial charge on any atom is -0.493 e. The maximum Gasteiger partial charge on any atom is 0.410 e. The normalized spacial score (nSPS) is 17.6. The standard InChI is InChI=1S/C30H36F2N6O5/c1-30(2,3)43-29(39)37-9-8-19(17-37)38-27-18(16-36-10-12-42-13-11-36)15-34-28(33)24(27)21(35-38)7-6-20-25(31)22(40-4)14-23(41-5)26(20)32/h14-15,19H,8-13,16-17H2,1-5H3,(H2,33,34). The lowest BCUT2D eigenvalue weighted by Gasteiger charge is -2.27. The molecule has 0 bridgehead atoms. The fourth-order valence-electron chi connectivity index (χ4n) is 5.28. The zero-order chi connectivity index (χ0) is 30.9. The molecule has 0 radical (unpaired) electrons. The largest absolute Gasteiger partial charge is 0.493 e. The van der Waals surface area contributed by atoms with Gasteiger partial charge in [-0.25, -0.2) is 18.6 Å². The Hall–Kier alpha value is -4.15. The molecule has 2 N–H and O–H groups in total. The van der Waals surface area contributed by atoms with E-state index in [0.29, 0.717) is 50.2 Å². The summed E-state index contributed by atoms with van der Waals surface area (Å²) in [5.74, 6) is 3.28. The van der Waals surface area contributed by atoms with Crippen LogP contribution < -0.4 is 15.2 Å². The van der Waals surface area contributed by atoms with E-state index in [1.807, 2.05) is 25.5 Å². The van der Waals surface area contributed by atoms with Crippen molar-refractivity contribution >= 4 is 22.8 Å². The van der Waals surface area contributed by atoms with Crippen LogP contribution in [0.5, 0.6) is 11.5 Å². The maximum atomic E-state index is 15.1. The van der Waals surface area contributed by atoms with Gasteiger partial charge in [0.2, 0.25) is 0 Å². The number of pyridine rings is 1. The summed E-state index contributed by atoms with van der Waals surface area (Å²) in [5.41, 5.74) is 7.03. The molecule has 2 aliphatic rings. The molecule has 1 aromatic carbocycles. The SMILES string of the molecule is COc1cc(OC)c(F)c(C#Cc2nn(C3CCN(C(=O)OC(C)(C)C)C3)c3c(CN4CCOCC4)cnc(N)c23)c1F. The zero-order valence-corrected chi connectivity index (χ0v) is 25.0. The van der Waals surface area contributed by atoms with Gasteiger partial charge < -0.3 is 29.6 Å². The predicted octanol–water partition coefficient (Wildman–Crippen LogP) is 3.72. The summed E-state index contributed by atoms with van der Waals surface area (Å²) in [7, 11) is 2.54. The number of nitrogen functional groups attached to an aromatic ring is 1. The summed E-state index contributed by atoms with van der Waals surface area (Å²) >= 11 is 0. The number of likely N-dealkylation sites (tertiary alicyclic amines) is 1. The zero-order valence-electron chi connectivity index (χ0n) is 25.0. The van der Waals surface area contributed by atoms with Gasteiger partial charge in [-0.1, -0.05) is 5.92 Å². The van der Waals surface area contributed by atoms with Gasteiger partial charge in [-0.2, -0.15) is 5.10 Å². The average Bonchev–Trinajstić information content (AvgIpc) is 3.61. The van der Waals surface area contributed by atoms with Crippen molar-refractivity contribution < 1.29 is 32.5 Å². The molecule has 0 aliphatic carbocycles. The first-order chi connectivity index (χ1) is 20.5. The van der Waals surface area contributed by atoms with Gasteiger partial charge >= 0.3 is 6.09 Å². The van der Waals surface area contributed by atoms with Crippen molar-refractivity contribution in [2.45, 2.75) is 45.4 Å². The Labute approximate surface area is 248 Å². The van der Waals surface area contributed by atoms with Crippen molar-refractivity contribution in [1.82, 2.24) is 24.6 Å². The van der Waals surface area contributed by atoms with Crippen molar-refractivity contribution in [3.05, 3.63) is 40.7 Å². The van der Waals surface area contributed by atoms with Crippen molar-refractivity contribution in [2.75, 3.05) is 59.3 Å². The molecule has 43 heavy (non-hydrogen) atoms. The number of ether oxygens (including phenoxy) is 4. The lowest BCUT2D eigenvalue weighted by molar-refractivity contribution is 0.0288. The highest BCUT2D eigenvalue weighted by molar-refractivity contribution is 5.95. The van der Waals surface area contributed by atoms with Crippen LogP contribution in [0.25, 0.3) is 10.9 Å². The summed E-state index contributed by atoms with van der Waals surface area (Å²) in [6.45, 7) is 9.59. The molecule has 4 heterocycles. The summed E-state index contributed by atoms with van der Waals surface area (Å²) in [6, 6.07) is 0.900. The van der Waals surface area contributed by atoms with Gasteiger partial charge in [0, 0.05) is 50.6 Å². The number of aromatic nitrogens is 3. The second kappa shape index (κ2) is 12.2. The average molecular weight is 599 g/mol. The molecule has 0 spiro atoms. The first kappa shape index (κ1) is 30.3. The molecule has 1 atom stereocenters. The van der Waals surface area contributed by atoms with Gasteiger partial charge in [0.05, 0.1) is 44.4 Å². The van der Waals surface area contributed by atoms with Gasteiger partial charge in [0.15, 0.2) is 23.1 Å². The molecule has 2 aliphatic heterocycles. The van der Waals surface area contributed by atoms with E-state index in [1.54, 1.807) is 11.1 Å². The third-order valence-electron chi connectivity index (χ3n) is 7.37. The highest BCUT2D eigenvalue weighted by Gasteiger charge is 2.33. The van der Waals surface area contributed by atoms with E-state index in [9.17, 15) is 4.79 Å². The third kappa shape index (κ3) is 6.30. The maximum absolute atomic E-state index is 15.1. The number of fused-ring (bicyclic) bond motifs is 1. The van der Waals surface area contributed by atoms with Crippen LogP contribution in [0.3, 0.4) is 0 Å². The van der Waals surface area contributed by atoms with Crippen LogP contribution in [0.2, 0.25) is 0 Å². The first-order valence-electron chi connectivity index (χ1n) is 14.1. The van der Waals surface area contributed by atoms with E-state index < -0.39 is 28.9 Å². The Kier molecular flexibility index (Phi) is 8.62. The van der Waals surface area contributed by atoms with E-state index >= 15 is 8.78 Å². The summed E-state index contributed by atoms with van der Waals surface area (Å²) < 4.78 is 53.2. The molecule has 2 fully saturated rings. The second-order valence-corrected chi connectivity index (χ2v) is 11.5. The highest BCUT2D eigenvalue weighted by Crippen LogP contribution is 2.34. The lowest BCUT2D eigenvalue weighted by atomic mass is 10.1. The summed E-state index contributed by atoms with van der Waals surface area (Å²) in [5, 5.41) is 5.28. The summed E-state index contributed by atoms with van der Waals surface area (Å²) in [4.78, 5) is 21.1. The number of nitrogens with two attached hydrogens (primary N) is 1. The fourth-order valence-corrected chi connectivity index (χ4v) is 5.28. The van der Waals surface area contributed by atoms with Crippen LogP contribution in [0.4, 0.5) is 19.4 Å². The van der Waals surface area contributed by atoms with Crippen molar-refractivity contribution in [1.29, 1.82) is 0 Å².